The van der Waals surface area contributed by atoms with Gasteiger partial charge in [-0.15, -0.1) is 0 Å². The summed E-state index contributed by atoms with van der Waals surface area (Å²) >= 11 is 0. The van der Waals surface area contributed by atoms with Crippen molar-refractivity contribution < 1.29 is 22.7 Å². The third kappa shape index (κ3) is 5.66. The van der Waals surface area contributed by atoms with Crippen LogP contribution >= 0.6 is 0 Å². The molecule has 0 bridgehead atoms. The van der Waals surface area contributed by atoms with Gasteiger partial charge in [-0.2, -0.15) is 0 Å². The Morgan fingerprint density at radius 3 is 2.28 bits per heavy atom. The smallest absolute Gasteiger partial charge is 0.264 e. The zero-order valence-electron chi connectivity index (χ0n) is 18.2. The van der Waals surface area contributed by atoms with Gasteiger partial charge in [0.05, 0.1) is 24.3 Å². The third-order valence-corrected chi connectivity index (χ3v) is 6.57. The Bertz CT molecular complexity index is 1160. The Hall–Kier alpha value is -3.36. The van der Waals surface area contributed by atoms with Crippen molar-refractivity contribution in [2.75, 3.05) is 30.4 Å². The van der Waals surface area contributed by atoms with E-state index < -0.39 is 22.5 Å². The first kappa shape index (κ1) is 23.3. The van der Waals surface area contributed by atoms with Gasteiger partial charge in [0.1, 0.15) is 12.3 Å². The highest BCUT2D eigenvalue weighted by atomic mass is 32.2. The summed E-state index contributed by atoms with van der Waals surface area (Å²) in [6.07, 6.45) is 0. The van der Waals surface area contributed by atoms with Gasteiger partial charge in [0.15, 0.2) is 0 Å². The van der Waals surface area contributed by atoms with Crippen molar-refractivity contribution in [3.8, 4) is 5.75 Å². The molecule has 3 aromatic rings. The molecule has 1 amide bonds. The zero-order valence-corrected chi connectivity index (χ0v) is 19.1. The minimum Gasteiger partial charge on any atom is -0.497 e. The number of sulfonamides is 1. The highest BCUT2D eigenvalue weighted by molar-refractivity contribution is 7.92. The number of benzene rings is 3. The molecule has 0 radical (unpaired) electrons. The van der Waals surface area contributed by atoms with Crippen molar-refractivity contribution in [1.29, 1.82) is 0 Å². The van der Waals surface area contributed by atoms with E-state index in [1.54, 1.807) is 61.7 Å². The summed E-state index contributed by atoms with van der Waals surface area (Å²) in [6.45, 7) is 1.89. The average molecular weight is 455 g/mol. The van der Waals surface area contributed by atoms with Gasteiger partial charge >= 0.3 is 0 Å². The lowest BCUT2D eigenvalue weighted by Gasteiger charge is -2.24. The molecule has 1 N–H and O–H groups in total. The Morgan fingerprint density at radius 2 is 1.66 bits per heavy atom. The fraction of sp³-hybridized carbons (Fsp3) is 0.208. The molecule has 0 unspecified atom stereocenters. The van der Waals surface area contributed by atoms with Crippen LogP contribution < -0.4 is 14.4 Å². The van der Waals surface area contributed by atoms with Gasteiger partial charge in [-0.3, -0.25) is 9.10 Å². The number of carbonyl (C=O) groups is 1. The molecule has 8 heteroatoms. The molecule has 168 valence electrons. The fourth-order valence-electron chi connectivity index (χ4n) is 3.14. The Balaban J connectivity index is 1.90. The number of methoxy groups -OCH3 is 2. The minimum absolute atomic E-state index is 0.105. The van der Waals surface area contributed by atoms with E-state index in [9.17, 15) is 13.2 Å². The molecule has 0 aliphatic carbocycles. The number of hydrogen-bond acceptors (Lipinski definition) is 5. The minimum atomic E-state index is -3.98. The van der Waals surface area contributed by atoms with Gasteiger partial charge in [-0.05, 0) is 61.0 Å². The number of carbonyl (C=O) groups excluding carboxylic acids is 1. The number of anilines is 2. The number of nitrogens with zero attached hydrogens (tertiary/aromatic N) is 1. The molecule has 0 fully saturated rings. The maximum Gasteiger partial charge on any atom is 0.264 e. The molecule has 0 heterocycles. The van der Waals surface area contributed by atoms with Crippen LogP contribution in [-0.4, -0.2) is 35.1 Å². The van der Waals surface area contributed by atoms with Gasteiger partial charge in [0.25, 0.3) is 10.0 Å². The lowest BCUT2D eigenvalue weighted by Crippen LogP contribution is -2.38. The van der Waals surface area contributed by atoms with E-state index in [0.717, 1.165) is 15.4 Å². The molecule has 0 aromatic heterocycles. The molecule has 0 saturated carbocycles. The first-order valence-corrected chi connectivity index (χ1v) is 11.4. The summed E-state index contributed by atoms with van der Waals surface area (Å²) < 4.78 is 38.2. The van der Waals surface area contributed by atoms with E-state index in [-0.39, 0.29) is 4.90 Å². The highest BCUT2D eigenvalue weighted by Crippen LogP contribution is 2.26. The second-order valence-corrected chi connectivity index (χ2v) is 9.07. The van der Waals surface area contributed by atoms with Crippen LogP contribution in [0, 0.1) is 6.92 Å². The quantitative estimate of drug-likeness (QED) is 0.529. The zero-order chi connectivity index (χ0) is 23.1. The molecular formula is C24H26N2O5S. The molecule has 0 saturated heterocycles. The van der Waals surface area contributed by atoms with Crippen molar-refractivity contribution >= 4 is 27.3 Å². The van der Waals surface area contributed by atoms with E-state index in [1.165, 1.54) is 19.2 Å². The molecule has 32 heavy (non-hydrogen) atoms. The summed E-state index contributed by atoms with van der Waals surface area (Å²) in [5.74, 6) is 0.118. The third-order valence-electron chi connectivity index (χ3n) is 4.78. The van der Waals surface area contributed by atoms with Crippen molar-refractivity contribution in [2.24, 2.45) is 0 Å². The van der Waals surface area contributed by atoms with E-state index in [4.69, 9.17) is 9.47 Å². The average Bonchev–Trinajstić information content (AvgIpc) is 2.78. The molecule has 3 aromatic carbocycles. The lowest BCUT2D eigenvalue weighted by molar-refractivity contribution is -0.114. The van der Waals surface area contributed by atoms with Crippen LogP contribution in [0.25, 0.3) is 0 Å². The van der Waals surface area contributed by atoms with E-state index in [1.807, 2.05) is 13.0 Å². The SMILES string of the molecule is COCc1cccc(NC(=O)CN(c2ccc(OC)cc2)S(=O)(=O)c2ccc(C)cc2)c1. The van der Waals surface area contributed by atoms with Crippen LogP contribution in [0.15, 0.2) is 77.7 Å². The molecular weight excluding hydrogens is 428 g/mol. The molecule has 0 atom stereocenters. The first-order chi connectivity index (χ1) is 15.3. The van der Waals surface area contributed by atoms with Gasteiger partial charge in [-0.25, -0.2) is 8.42 Å². The van der Waals surface area contributed by atoms with Crippen LogP contribution in [0.5, 0.6) is 5.75 Å². The number of aryl methyl sites for hydroxylation is 1. The van der Waals surface area contributed by atoms with Crippen LogP contribution in [0.2, 0.25) is 0 Å². The normalized spacial score (nSPS) is 11.1. The van der Waals surface area contributed by atoms with Gasteiger partial charge in [-0.1, -0.05) is 29.8 Å². The maximum atomic E-state index is 13.4. The predicted octanol–water partition coefficient (Wildman–Crippen LogP) is 3.98. The summed E-state index contributed by atoms with van der Waals surface area (Å²) in [6, 6.07) is 20.2. The van der Waals surface area contributed by atoms with Crippen LogP contribution in [0.4, 0.5) is 11.4 Å². The van der Waals surface area contributed by atoms with Gasteiger partial charge in [0.2, 0.25) is 5.91 Å². The standard InChI is InChI=1S/C24H26N2O5S/c1-18-7-13-23(14-8-18)32(28,29)26(21-9-11-22(31-3)12-10-21)16-24(27)25-20-6-4-5-19(15-20)17-30-2/h4-15H,16-17H2,1-3H3,(H,25,27). The van der Waals surface area contributed by atoms with Gasteiger partial charge < -0.3 is 14.8 Å². The Kier molecular flexibility index (Phi) is 7.50. The number of amides is 1. The number of nitrogens with one attached hydrogen (secondary N) is 1. The second kappa shape index (κ2) is 10.3. The van der Waals surface area contributed by atoms with Crippen LogP contribution in [-0.2, 0) is 26.2 Å². The summed E-state index contributed by atoms with van der Waals surface area (Å²) in [5.41, 5.74) is 2.75. The monoisotopic (exact) mass is 454 g/mol. The number of hydrogen-bond donors (Lipinski definition) is 1. The van der Waals surface area contributed by atoms with Crippen molar-refractivity contribution in [3.05, 3.63) is 83.9 Å². The van der Waals surface area contributed by atoms with E-state index >= 15 is 0 Å². The summed E-state index contributed by atoms with van der Waals surface area (Å²) in [7, 11) is -0.863. The maximum absolute atomic E-state index is 13.4. The van der Waals surface area contributed by atoms with E-state index in [0.29, 0.717) is 23.7 Å². The molecule has 0 spiro atoms. The molecule has 0 aliphatic rings. The second-order valence-electron chi connectivity index (χ2n) is 7.20. The van der Waals surface area contributed by atoms with Crippen LogP contribution in [0.3, 0.4) is 0 Å². The first-order valence-electron chi connectivity index (χ1n) is 9.94. The molecule has 0 aliphatic heterocycles. The lowest BCUT2D eigenvalue weighted by atomic mass is 10.2. The topological polar surface area (TPSA) is 84.9 Å². The largest absolute Gasteiger partial charge is 0.497 e. The van der Waals surface area contributed by atoms with Crippen molar-refractivity contribution in [1.82, 2.24) is 0 Å². The molecule has 7 nitrogen and oxygen atoms in total. The number of rotatable bonds is 9. The highest BCUT2D eigenvalue weighted by Gasteiger charge is 2.27. The Labute approximate surface area is 188 Å². The summed E-state index contributed by atoms with van der Waals surface area (Å²) in [5, 5.41) is 2.77. The molecule has 3 rings (SSSR count). The number of ether oxygens (including phenoxy) is 2. The van der Waals surface area contributed by atoms with Crippen LogP contribution in [0.1, 0.15) is 11.1 Å². The summed E-state index contributed by atoms with van der Waals surface area (Å²) in [4.78, 5) is 13.0. The van der Waals surface area contributed by atoms with Crippen molar-refractivity contribution in [2.45, 2.75) is 18.4 Å². The van der Waals surface area contributed by atoms with Crippen molar-refractivity contribution in [3.63, 3.8) is 0 Å². The fourth-order valence-corrected chi connectivity index (χ4v) is 4.56. The van der Waals surface area contributed by atoms with E-state index in [2.05, 4.69) is 5.32 Å². The Morgan fingerprint density at radius 1 is 0.969 bits per heavy atom. The predicted molar refractivity (Wildman–Crippen MR) is 124 cm³/mol. The van der Waals surface area contributed by atoms with Gasteiger partial charge in [0, 0.05) is 12.8 Å².